The number of anilines is 2. The van der Waals surface area contributed by atoms with Gasteiger partial charge in [-0.15, -0.1) is 11.8 Å². The number of rotatable bonds is 8. The molecule has 0 aliphatic rings. The molecule has 6 heteroatoms. The molecule has 1 heterocycles. The molecule has 2 N–H and O–H groups in total. The van der Waals surface area contributed by atoms with Gasteiger partial charge in [-0.05, 0) is 53.6 Å². The molecule has 5 nitrogen and oxygen atoms in total. The lowest BCUT2D eigenvalue weighted by molar-refractivity contribution is -0.116. The Morgan fingerprint density at radius 1 is 0.735 bits per heavy atom. The minimum atomic E-state index is -0.441. The van der Waals surface area contributed by atoms with Crippen LogP contribution in [0.15, 0.2) is 120 Å². The number of thioether (sulfide) groups is 1. The molecule has 0 spiro atoms. The van der Waals surface area contributed by atoms with Gasteiger partial charge in [0.15, 0.2) is 0 Å². The van der Waals surface area contributed by atoms with Crippen molar-refractivity contribution in [1.82, 2.24) is 4.98 Å². The summed E-state index contributed by atoms with van der Waals surface area (Å²) >= 11 is 1.45. The minimum Gasteiger partial charge on any atom is -0.325 e. The van der Waals surface area contributed by atoms with Gasteiger partial charge in [-0.3, -0.25) is 14.6 Å². The Labute approximate surface area is 203 Å². The van der Waals surface area contributed by atoms with E-state index in [4.69, 9.17) is 0 Å². The van der Waals surface area contributed by atoms with E-state index in [2.05, 4.69) is 15.6 Å². The number of aromatic nitrogens is 1. The topological polar surface area (TPSA) is 71.1 Å². The monoisotopic (exact) mass is 465 g/mol. The van der Waals surface area contributed by atoms with Crippen molar-refractivity contribution in [3.8, 4) is 0 Å². The Morgan fingerprint density at radius 2 is 1.35 bits per heavy atom. The van der Waals surface area contributed by atoms with Crippen LogP contribution in [0.2, 0.25) is 0 Å². The molecule has 3 aromatic carbocycles. The number of nitrogens with one attached hydrogen (secondary N) is 2. The Balaban J connectivity index is 1.43. The molecule has 1 aromatic heterocycles. The minimum absolute atomic E-state index is 0.120. The van der Waals surface area contributed by atoms with Gasteiger partial charge in [-0.2, -0.15) is 0 Å². The van der Waals surface area contributed by atoms with Gasteiger partial charge in [0, 0.05) is 34.7 Å². The third-order valence-corrected chi connectivity index (χ3v) is 6.16. The molecule has 34 heavy (non-hydrogen) atoms. The molecule has 2 amide bonds. The summed E-state index contributed by atoms with van der Waals surface area (Å²) in [6.07, 6.45) is 6.56. The highest BCUT2D eigenvalue weighted by molar-refractivity contribution is 8.00. The molecule has 0 aliphatic heterocycles. The highest BCUT2D eigenvalue weighted by Gasteiger charge is 2.22. The average molecular weight is 466 g/mol. The van der Waals surface area contributed by atoms with E-state index < -0.39 is 5.25 Å². The fraction of sp³-hybridized carbons (Fsp3) is 0.0357. The summed E-state index contributed by atoms with van der Waals surface area (Å²) in [5, 5.41) is 5.38. The van der Waals surface area contributed by atoms with E-state index >= 15 is 0 Å². The molecule has 1 unspecified atom stereocenters. The molecular formula is C28H23N3O2S. The maximum Gasteiger partial charge on any atom is 0.248 e. The molecule has 0 aliphatic carbocycles. The number of benzene rings is 3. The molecular weight excluding hydrogens is 442 g/mol. The molecule has 168 valence electrons. The zero-order chi connectivity index (χ0) is 23.6. The largest absolute Gasteiger partial charge is 0.325 e. The zero-order valence-corrected chi connectivity index (χ0v) is 19.1. The maximum absolute atomic E-state index is 13.1. The van der Waals surface area contributed by atoms with Crippen LogP contribution in [0, 0.1) is 0 Å². The van der Waals surface area contributed by atoms with E-state index in [-0.39, 0.29) is 11.8 Å². The molecule has 0 saturated heterocycles. The summed E-state index contributed by atoms with van der Waals surface area (Å²) in [6.45, 7) is 0. The summed E-state index contributed by atoms with van der Waals surface area (Å²) in [5.74, 6) is -0.325. The van der Waals surface area contributed by atoms with Gasteiger partial charge in [0.05, 0.1) is 0 Å². The SMILES string of the molecule is O=C(/C=C/c1ccccc1)Nc1ccc(SC(C(=O)Nc2ccncc2)c2ccccc2)cc1. The Morgan fingerprint density at radius 3 is 2.03 bits per heavy atom. The van der Waals surface area contributed by atoms with Crippen molar-refractivity contribution < 1.29 is 9.59 Å². The van der Waals surface area contributed by atoms with Crippen molar-refractivity contribution in [3.63, 3.8) is 0 Å². The van der Waals surface area contributed by atoms with E-state index in [1.807, 2.05) is 84.9 Å². The first kappa shape index (κ1) is 23.0. The molecule has 0 saturated carbocycles. The average Bonchev–Trinajstić information content (AvgIpc) is 2.89. The van der Waals surface area contributed by atoms with Crippen LogP contribution < -0.4 is 10.6 Å². The summed E-state index contributed by atoms with van der Waals surface area (Å²) < 4.78 is 0. The van der Waals surface area contributed by atoms with Gasteiger partial charge in [0.25, 0.3) is 0 Å². The van der Waals surface area contributed by atoms with Crippen LogP contribution in [0.3, 0.4) is 0 Å². The van der Waals surface area contributed by atoms with Crippen molar-refractivity contribution in [1.29, 1.82) is 0 Å². The van der Waals surface area contributed by atoms with Crippen molar-refractivity contribution in [3.05, 3.63) is 127 Å². The van der Waals surface area contributed by atoms with Crippen LogP contribution >= 0.6 is 11.8 Å². The van der Waals surface area contributed by atoms with E-state index in [1.54, 1.807) is 30.6 Å². The molecule has 0 bridgehead atoms. The molecule has 4 rings (SSSR count). The van der Waals surface area contributed by atoms with Crippen LogP contribution in [0.5, 0.6) is 0 Å². The fourth-order valence-electron chi connectivity index (χ4n) is 3.22. The van der Waals surface area contributed by atoms with Crippen molar-refractivity contribution in [2.75, 3.05) is 10.6 Å². The summed E-state index contributed by atoms with van der Waals surface area (Å²) in [5.41, 5.74) is 3.25. The van der Waals surface area contributed by atoms with Crippen LogP contribution in [-0.4, -0.2) is 16.8 Å². The van der Waals surface area contributed by atoms with Crippen LogP contribution in [0.25, 0.3) is 6.08 Å². The van der Waals surface area contributed by atoms with E-state index in [9.17, 15) is 9.59 Å². The lowest BCUT2D eigenvalue weighted by Crippen LogP contribution is -2.19. The summed E-state index contributed by atoms with van der Waals surface area (Å²) in [7, 11) is 0. The highest BCUT2D eigenvalue weighted by Crippen LogP contribution is 2.36. The van der Waals surface area contributed by atoms with Gasteiger partial charge < -0.3 is 10.6 Å². The van der Waals surface area contributed by atoms with Gasteiger partial charge in [-0.1, -0.05) is 60.7 Å². The summed E-state index contributed by atoms with van der Waals surface area (Å²) in [4.78, 5) is 30.2. The molecule has 0 fully saturated rings. The zero-order valence-electron chi connectivity index (χ0n) is 18.3. The first-order valence-corrected chi connectivity index (χ1v) is 11.6. The van der Waals surface area contributed by atoms with Crippen LogP contribution in [0.1, 0.15) is 16.4 Å². The lowest BCUT2D eigenvalue weighted by Gasteiger charge is -2.17. The molecule has 0 radical (unpaired) electrons. The lowest BCUT2D eigenvalue weighted by atomic mass is 10.1. The first-order chi connectivity index (χ1) is 16.7. The summed E-state index contributed by atoms with van der Waals surface area (Å²) in [6, 6.07) is 30.3. The second-order valence-corrected chi connectivity index (χ2v) is 8.57. The number of carbonyl (C=O) groups excluding carboxylic acids is 2. The van der Waals surface area contributed by atoms with Gasteiger partial charge in [0.1, 0.15) is 5.25 Å². The highest BCUT2D eigenvalue weighted by atomic mass is 32.2. The Bertz CT molecular complexity index is 1250. The normalized spacial score (nSPS) is 11.6. The number of nitrogens with zero attached hydrogens (tertiary/aromatic N) is 1. The number of carbonyl (C=O) groups is 2. The van der Waals surface area contributed by atoms with Crippen LogP contribution in [-0.2, 0) is 9.59 Å². The molecule has 1 atom stereocenters. The third-order valence-electron chi connectivity index (χ3n) is 4.89. The van der Waals surface area contributed by atoms with Gasteiger partial charge >= 0.3 is 0 Å². The number of amides is 2. The van der Waals surface area contributed by atoms with Crippen LogP contribution in [0.4, 0.5) is 11.4 Å². The molecule has 4 aromatic rings. The second kappa shape index (κ2) is 11.6. The smallest absolute Gasteiger partial charge is 0.248 e. The van der Waals surface area contributed by atoms with E-state index in [0.717, 1.165) is 16.0 Å². The maximum atomic E-state index is 13.1. The predicted molar refractivity (Wildman–Crippen MR) is 138 cm³/mol. The van der Waals surface area contributed by atoms with Crippen molar-refractivity contribution in [2.24, 2.45) is 0 Å². The number of hydrogen-bond donors (Lipinski definition) is 2. The first-order valence-electron chi connectivity index (χ1n) is 10.7. The standard InChI is InChI=1S/C28H23N3O2S/c32-26(16-11-21-7-3-1-4-8-21)30-23-12-14-25(15-13-23)34-27(22-9-5-2-6-10-22)28(33)31-24-17-19-29-20-18-24/h1-20,27H,(H,30,32)(H,29,31,33)/b16-11+. The van der Waals surface area contributed by atoms with Gasteiger partial charge in [0.2, 0.25) is 11.8 Å². The Kier molecular flexibility index (Phi) is 7.87. The quantitative estimate of drug-likeness (QED) is 0.240. The fourth-order valence-corrected chi connectivity index (χ4v) is 4.24. The van der Waals surface area contributed by atoms with Crippen molar-refractivity contribution in [2.45, 2.75) is 10.1 Å². The predicted octanol–water partition coefficient (Wildman–Crippen LogP) is 6.21. The van der Waals surface area contributed by atoms with Gasteiger partial charge in [-0.25, -0.2) is 0 Å². The van der Waals surface area contributed by atoms with E-state index in [0.29, 0.717) is 11.4 Å². The van der Waals surface area contributed by atoms with Crippen molar-refractivity contribution >= 4 is 41.0 Å². The third kappa shape index (κ3) is 6.67. The number of pyridine rings is 1. The second-order valence-electron chi connectivity index (χ2n) is 7.39. The van der Waals surface area contributed by atoms with E-state index in [1.165, 1.54) is 17.8 Å². The Hall–Kier alpha value is -4.16. The number of hydrogen-bond acceptors (Lipinski definition) is 4.